The summed E-state index contributed by atoms with van der Waals surface area (Å²) in [7, 11) is 0. The lowest BCUT2D eigenvalue weighted by Gasteiger charge is -2.16. The van der Waals surface area contributed by atoms with Crippen molar-refractivity contribution in [3.63, 3.8) is 0 Å². The Hall–Kier alpha value is -0.470. The third kappa shape index (κ3) is 3.26. The SMILES string of the molecule is SCCNCCc1ccc2c(c1)CCCC2. The van der Waals surface area contributed by atoms with Gasteiger partial charge in [0.1, 0.15) is 0 Å². The van der Waals surface area contributed by atoms with Gasteiger partial charge in [0, 0.05) is 12.3 Å². The van der Waals surface area contributed by atoms with Crippen LogP contribution in [0.5, 0.6) is 0 Å². The lowest BCUT2D eigenvalue weighted by Crippen LogP contribution is -2.19. The van der Waals surface area contributed by atoms with Crippen LogP contribution in [-0.2, 0) is 19.3 Å². The molecule has 0 aliphatic heterocycles. The van der Waals surface area contributed by atoms with Crippen LogP contribution in [0.25, 0.3) is 0 Å². The normalized spacial score (nSPS) is 14.8. The number of hydrogen-bond donors (Lipinski definition) is 2. The molecule has 1 N–H and O–H groups in total. The van der Waals surface area contributed by atoms with Gasteiger partial charge in [0.2, 0.25) is 0 Å². The molecule has 0 atom stereocenters. The number of benzene rings is 1. The van der Waals surface area contributed by atoms with Crippen molar-refractivity contribution in [2.45, 2.75) is 32.1 Å². The summed E-state index contributed by atoms with van der Waals surface area (Å²) in [6.07, 6.45) is 6.45. The number of nitrogens with one attached hydrogen (secondary N) is 1. The van der Waals surface area contributed by atoms with Gasteiger partial charge in [0.05, 0.1) is 0 Å². The average Bonchev–Trinajstić information content (AvgIpc) is 2.34. The van der Waals surface area contributed by atoms with Gasteiger partial charge < -0.3 is 5.32 Å². The quantitative estimate of drug-likeness (QED) is 0.590. The van der Waals surface area contributed by atoms with Crippen LogP contribution in [0.1, 0.15) is 29.5 Å². The lowest BCUT2D eigenvalue weighted by atomic mass is 9.90. The summed E-state index contributed by atoms with van der Waals surface area (Å²) >= 11 is 4.18. The Labute approximate surface area is 104 Å². The predicted octanol–water partition coefficient (Wildman–Crippen LogP) is 2.63. The lowest BCUT2D eigenvalue weighted by molar-refractivity contribution is 0.681. The second-order valence-electron chi connectivity index (χ2n) is 4.53. The first kappa shape index (κ1) is 12.0. The molecule has 0 radical (unpaired) electrons. The Kier molecular flexibility index (Phi) is 4.73. The molecule has 1 nitrogen and oxygen atoms in total. The van der Waals surface area contributed by atoms with E-state index in [-0.39, 0.29) is 0 Å². The highest BCUT2D eigenvalue weighted by Crippen LogP contribution is 2.22. The van der Waals surface area contributed by atoms with Crippen molar-refractivity contribution < 1.29 is 0 Å². The second kappa shape index (κ2) is 6.31. The molecule has 0 spiro atoms. The topological polar surface area (TPSA) is 12.0 Å². The predicted molar refractivity (Wildman–Crippen MR) is 73.5 cm³/mol. The van der Waals surface area contributed by atoms with E-state index in [0.29, 0.717) is 0 Å². The van der Waals surface area contributed by atoms with Crippen LogP contribution >= 0.6 is 12.6 Å². The van der Waals surface area contributed by atoms with Crippen LogP contribution in [0.2, 0.25) is 0 Å². The summed E-state index contributed by atoms with van der Waals surface area (Å²) < 4.78 is 0. The van der Waals surface area contributed by atoms with Gasteiger partial charge in [-0.15, -0.1) is 0 Å². The Morgan fingerprint density at radius 2 is 1.88 bits per heavy atom. The molecule has 2 rings (SSSR count). The van der Waals surface area contributed by atoms with Crippen LogP contribution in [0.3, 0.4) is 0 Å². The molecule has 0 aromatic heterocycles. The maximum absolute atomic E-state index is 4.18. The van der Waals surface area contributed by atoms with Crippen LogP contribution in [-0.4, -0.2) is 18.8 Å². The molecular formula is C14H21NS. The zero-order valence-electron chi connectivity index (χ0n) is 9.84. The summed E-state index contributed by atoms with van der Waals surface area (Å²) in [4.78, 5) is 0. The largest absolute Gasteiger partial charge is 0.316 e. The molecule has 0 heterocycles. The number of fused-ring (bicyclic) bond motifs is 1. The number of thiol groups is 1. The molecule has 0 unspecified atom stereocenters. The third-order valence-electron chi connectivity index (χ3n) is 3.29. The van der Waals surface area contributed by atoms with Crippen LogP contribution in [0.15, 0.2) is 18.2 Å². The fourth-order valence-corrected chi connectivity index (χ4v) is 2.54. The summed E-state index contributed by atoms with van der Waals surface area (Å²) in [5.41, 5.74) is 4.66. The maximum Gasteiger partial charge on any atom is 0.00398 e. The Balaban J connectivity index is 1.90. The summed E-state index contributed by atoms with van der Waals surface area (Å²) in [5.74, 6) is 0.921. The van der Waals surface area contributed by atoms with Gasteiger partial charge in [-0.1, -0.05) is 18.2 Å². The van der Waals surface area contributed by atoms with Crippen LogP contribution < -0.4 is 5.32 Å². The number of rotatable bonds is 5. The number of aryl methyl sites for hydroxylation is 2. The van der Waals surface area contributed by atoms with Gasteiger partial charge in [0.25, 0.3) is 0 Å². The minimum absolute atomic E-state index is 0.921. The molecule has 0 amide bonds. The van der Waals surface area contributed by atoms with E-state index < -0.39 is 0 Å². The van der Waals surface area contributed by atoms with Crippen molar-refractivity contribution in [1.82, 2.24) is 5.32 Å². The van der Waals surface area contributed by atoms with Gasteiger partial charge in [-0.25, -0.2) is 0 Å². The van der Waals surface area contributed by atoms with Crippen molar-refractivity contribution in [2.75, 3.05) is 18.8 Å². The van der Waals surface area contributed by atoms with Crippen molar-refractivity contribution >= 4 is 12.6 Å². The van der Waals surface area contributed by atoms with E-state index in [1.807, 2.05) is 0 Å². The molecule has 0 bridgehead atoms. The minimum Gasteiger partial charge on any atom is -0.316 e. The monoisotopic (exact) mass is 235 g/mol. The molecule has 0 saturated heterocycles. The zero-order valence-corrected chi connectivity index (χ0v) is 10.7. The van der Waals surface area contributed by atoms with Crippen molar-refractivity contribution in [2.24, 2.45) is 0 Å². The van der Waals surface area contributed by atoms with E-state index in [4.69, 9.17) is 0 Å². The first-order chi connectivity index (χ1) is 7.90. The molecule has 2 heteroatoms. The molecule has 1 aliphatic carbocycles. The molecule has 16 heavy (non-hydrogen) atoms. The fraction of sp³-hybridized carbons (Fsp3) is 0.571. The molecule has 0 saturated carbocycles. The molecule has 1 aliphatic rings. The zero-order chi connectivity index (χ0) is 11.2. The van der Waals surface area contributed by atoms with E-state index in [0.717, 1.165) is 25.3 Å². The van der Waals surface area contributed by atoms with Crippen molar-refractivity contribution in [1.29, 1.82) is 0 Å². The van der Waals surface area contributed by atoms with E-state index >= 15 is 0 Å². The minimum atomic E-state index is 0.921. The third-order valence-corrected chi connectivity index (χ3v) is 3.52. The Bertz CT molecular complexity index is 336. The average molecular weight is 235 g/mol. The van der Waals surface area contributed by atoms with E-state index in [9.17, 15) is 0 Å². The van der Waals surface area contributed by atoms with Gasteiger partial charge in [-0.05, 0) is 55.3 Å². The first-order valence-corrected chi connectivity index (χ1v) is 6.95. The smallest absolute Gasteiger partial charge is 0.00398 e. The van der Waals surface area contributed by atoms with Crippen LogP contribution in [0, 0.1) is 0 Å². The second-order valence-corrected chi connectivity index (χ2v) is 4.98. The van der Waals surface area contributed by atoms with Gasteiger partial charge in [0.15, 0.2) is 0 Å². The molecule has 1 aromatic rings. The highest BCUT2D eigenvalue weighted by atomic mass is 32.1. The summed E-state index contributed by atoms with van der Waals surface area (Å²) in [6.45, 7) is 2.08. The number of hydrogen-bond acceptors (Lipinski definition) is 2. The Morgan fingerprint density at radius 1 is 1.06 bits per heavy atom. The fourth-order valence-electron chi connectivity index (χ4n) is 2.38. The van der Waals surface area contributed by atoms with Crippen molar-refractivity contribution in [3.8, 4) is 0 Å². The molecule has 0 fully saturated rings. The maximum atomic E-state index is 4.18. The van der Waals surface area contributed by atoms with E-state index in [1.54, 1.807) is 11.1 Å². The first-order valence-electron chi connectivity index (χ1n) is 6.32. The van der Waals surface area contributed by atoms with Gasteiger partial charge >= 0.3 is 0 Å². The highest BCUT2D eigenvalue weighted by molar-refractivity contribution is 7.80. The molecular weight excluding hydrogens is 214 g/mol. The Morgan fingerprint density at radius 3 is 2.69 bits per heavy atom. The van der Waals surface area contributed by atoms with E-state index in [2.05, 4.69) is 36.1 Å². The molecule has 1 aromatic carbocycles. The standard InChI is InChI=1S/C14H21NS/c16-10-9-15-8-7-12-5-6-13-3-1-2-4-14(13)11-12/h5-6,11,15-16H,1-4,7-10H2. The summed E-state index contributed by atoms with van der Waals surface area (Å²) in [6, 6.07) is 7.05. The summed E-state index contributed by atoms with van der Waals surface area (Å²) in [5, 5.41) is 3.39. The van der Waals surface area contributed by atoms with E-state index in [1.165, 1.54) is 31.2 Å². The highest BCUT2D eigenvalue weighted by Gasteiger charge is 2.08. The van der Waals surface area contributed by atoms with Crippen molar-refractivity contribution in [3.05, 3.63) is 34.9 Å². The van der Waals surface area contributed by atoms with Gasteiger partial charge in [-0.3, -0.25) is 0 Å². The van der Waals surface area contributed by atoms with Crippen LogP contribution in [0.4, 0.5) is 0 Å². The van der Waals surface area contributed by atoms with Gasteiger partial charge in [-0.2, -0.15) is 12.6 Å². The molecule has 88 valence electrons.